The third-order valence-electron chi connectivity index (χ3n) is 3.58. The van der Waals surface area contributed by atoms with Crippen molar-refractivity contribution in [3.8, 4) is 0 Å². The van der Waals surface area contributed by atoms with Gasteiger partial charge in [0.1, 0.15) is 0 Å². The van der Waals surface area contributed by atoms with E-state index in [1.54, 1.807) is 13.0 Å². The van der Waals surface area contributed by atoms with Crippen LogP contribution in [0.2, 0.25) is 0 Å². The van der Waals surface area contributed by atoms with Gasteiger partial charge in [-0.05, 0) is 37.5 Å². The summed E-state index contributed by atoms with van der Waals surface area (Å²) in [5, 5.41) is 12.0. The summed E-state index contributed by atoms with van der Waals surface area (Å²) in [6.07, 6.45) is 1.66. The smallest absolute Gasteiger partial charge is 0.251 e. The number of nitrogens with zero attached hydrogens (tertiary/aromatic N) is 1. The number of benzene rings is 1. The van der Waals surface area contributed by atoms with Crippen molar-refractivity contribution in [1.29, 1.82) is 0 Å². The van der Waals surface area contributed by atoms with Crippen molar-refractivity contribution in [2.45, 2.75) is 38.8 Å². The number of carbonyl (C=O) groups is 2. The van der Waals surface area contributed by atoms with E-state index in [1.165, 1.54) is 0 Å². The molecule has 5 nitrogen and oxygen atoms in total. The summed E-state index contributed by atoms with van der Waals surface area (Å²) in [5.74, 6) is 0.0343. The Balaban J connectivity index is 1.93. The number of nitrogens with one attached hydrogen (secondary N) is 1. The van der Waals surface area contributed by atoms with Crippen LogP contribution >= 0.6 is 0 Å². The highest BCUT2D eigenvalue weighted by Gasteiger charge is 2.20. The molecule has 2 amide bonds. The number of rotatable bonds is 6. The molecule has 1 atom stereocenters. The van der Waals surface area contributed by atoms with Gasteiger partial charge in [-0.2, -0.15) is 0 Å². The van der Waals surface area contributed by atoms with Crippen molar-refractivity contribution in [1.82, 2.24) is 10.2 Å². The number of carbonyl (C=O) groups excluding carboxylic acids is 2. The predicted octanol–water partition coefficient (Wildman–Crippen LogP) is 1.31. The Morgan fingerprint density at radius 3 is 2.95 bits per heavy atom. The largest absolute Gasteiger partial charge is 0.393 e. The van der Waals surface area contributed by atoms with E-state index in [1.807, 2.05) is 23.1 Å². The van der Waals surface area contributed by atoms with E-state index in [4.69, 9.17) is 0 Å². The van der Waals surface area contributed by atoms with Crippen LogP contribution < -0.4 is 5.32 Å². The molecule has 0 spiro atoms. The normalized spacial score (nSPS) is 16.1. The van der Waals surface area contributed by atoms with Gasteiger partial charge in [-0.15, -0.1) is 0 Å². The number of likely N-dealkylation sites (tertiary alicyclic amines) is 1. The molecule has 2 N–H and O–H groups in total. The van der Waals surface area contributed by atoms with Crippen LogP contribution in [0.3, 0.4) is 0 Å². The molecular weight excluding hydrogens is 268 g/mol. The van der Waals surface area contributed by atoms with Crippen LogP contribution in [-0.2, 0) is 11.3 Å². The Labute approximate surface area is 125 Å². The molecule has 0 saturated carbocycles. The fourth-order valence-electron chi connectivity index (χ4n) is 2.40. The summed E-state index contributed by atoms with van der Waals surface area (Å²) in [5.41, 5.74) is 1.55. The molecule has 0 aliphatic carbocycles. The molecule has 1 aliphatic rings. The van der Waals surface area contributed by atoms with Crippen molar-refractivity contribution in [3.05, 3.63) is 35.4 Å². The van der Waals surface area contributed by atoms with Gasteiger partial charge in [-0.3, -0.25) is 9.59 Å². The predicted molar refractivity (Wildman–Crippen MR) is 79.7 cm³/mol. The molecule has 1 saturated heterocycles. The van der Waals surface area contributed by atoms with Gasteiger partial charge in [0, 0.05) is 31.6 Å². The van der Waals surface area contributed by atoms with Gasteiger partial charge in [-0.25, -0.2) is 0 Å². The molecule has 5 heteroatoms. The maximum atomic E-state index is 12.0. The first-order chi connectivity index (χ1) is 10.1. The fraction of sp³-hybridized carbons (Fsp3) is 0.500. The van der Waals surface area contributed by atoms with Gasteiger partial charge in [0.25, 0.3) is 5.91 Å². The molecule has 1 fully saturated rings. The highest BCUT2D eigenvalue weighted by atomic mass is 16.3. The molecule has 1 heterocycles. The van der Waals surface area contributed by atoms with Gasteiger partial charge in [0.15, 0.2) is 0 Å². The van der Waals surface area contributed by atoms with Gasteiger partial charge in [-0.1, -0.05) is 12.1 Å². The van der Waals surface area contributed by atoms with E-state index in [2.05, 4.69) is 5.32 Å². The zero-order chi connectivity index (χ0) is 15.2. The van der Waals surface area contributed by atoms with Gasteiger partial charge >= 0.3 is 0 Å². The number of aliphatic hydroxyl groups excluding tert-OH is 1. The molecular formula is C16H22N2O3. The Bertz CT molecular complexity index is 514. The van der Waals surface area contributed by atoms with Crippen molar-refractivity contribution < 1.29 is 14.7 Å². The van der Waals surface area contributed by atoms with Crippen LogP contribution in [0.15, 0.2) is 24.3 Å². The number of hydrogen-bond donors (Lipinski definition) is 2. The third kappa shape index (κ3) is 4.56. The van der Waals surface area contributed by atoms with E-state index >= 15 is 0 Å². The van der Waals surface area contributed by atoms with Gasteiger partial charge in [0.05, 0.1) is 6.10 Å². The van der Waals surface area contributed by atoms with E-state index in [-0.39, 0.29) is 11.8 Å². The molecule has 0 radical (unpaired) electrons. The maximum Gasteiger partial charge on any atom is 0.251 e. The van der Waals surface area contributed by atoms with Crippen LogP contribution in [0, 0.1) is 0 Å². The monoisotopic (exact) mass is 290 g/mol. The number of aliphatic hydroxyl groups is 1. The molecule has 0 aromatic heterocycles. The summed E-state index contributed by atoms with van der Waals surface area (Å²) < 4.78 is 0. The second-order valence-corrected chi connectivity index (χ2v) is 5.51. The average Bonchev–Trinajstić information content (AvgIpc) is 2.84. The van der Waals surface area contributed by atoms with Crippen molar-refractivity contribution in [2.75, 3.05) is 13.1 Å². The molecule has 21 heavy (non-hydrogen) atoms. The van der Waals surface area contributed by atoms with Crippen LogP contribution in [0.25, 0.3) is 0 Å². The molecule has 1 unspecified atom stereocenters. The van der Waals surface area contributed by atoms with E-state index in [0.717, 1.165) is 18.5 Å². The van der Waals surface area contributed by atoms with Crippen LogP contribution in [0.1, 0.15) is 42.1 Å². The first kappa shape index (κ1) is 15.5. The minimum Gasteiger partial charge on any atom is -0.393 e. The Hall–Kier alpha value is -1.88. The summed E-state index contributed by atoms with van der Waals surface area (Å²) in [4.78, 5) is 25.5. The first-order valence-electron chi connectivity index (χ1n) is 7.39. The van der Waals surface area contributed by atoms with Crippen LogP contribution in [-0.4, -0.2) is 41.0 Å². The lowest BCUT2D eigenvalue weighted by molar-refractivity contribution is -0.128. The lowest BCUT2D eigenvalue weighted by atomic mass is 10.1. The quantitative estimate of drug-likeness (QED) is 0.830. The lowest BCUT2D eigenvalue weighted by Crippen LogP contribution is -2.27. The molecule has 2 rings (SSSR count). The summed E-state index contributed by atoms with van der Waals surface area (Å²) >= 11 is 0. The highest BCUT2D eigenvalue weighted by molar-refractivity contribution is 5.94. The Morgan fingerprint density at radius 2 is 2.29 bits per heavy atom. The summed E-state index contributed by atoms with van der Waals surface area (Å²) in [6, 6.07) is 7.34. The highest BCUT2D eigenvalue weighted by Crippen LogP contribution is 2.15. The summed E-state index contributed by atoms with van der Waals surface area (Å²) in [6.45, 7) is 3.50. The standard InChI is InChI=1S/C16H22N2O3/c1-12(19)7-8-17-16(21)14-5-2-4-13(10-14)11-18-9-3-6-15(18)20/h2,4-5,10,12,19H,3,6-9,11H2,1H3,(H,17,21). The number of hydrogen-bond acceptors (Lipinski definition) is 3. The minimum atomic E-state index is -0.419. The zero-order valence-corrected chi connectivity index (χ0v) is 12.3. The Kier molecular flexibility index (Phi) is 5.33. The second kappa shape index (κ2) is 7.22. The summed E-state index contributed by atoms with van der Waals surface area (Å²) in [7, 11) is 0. The van der Waals surface area contributed by atoms with Gasteiger partial charge in [0.2, 0.25) is 5.91 Å². The average molecular weight is 290 g/mol. The SMILES string of the molecule is CC(O)CCNC(=O)c1cccc(CN2CCCC2=O)c1. The zero-order valence-electron chi connectivity index (χ0n) is 12.3. The second-order valence-electron chi connectivity index (χ2n) is 5.51. The van der Waals surface area contributed by atoms with Crippen molar-refractivity contribution >= 4 is 11.8 Å². The molecule has 1 aromatic rings. The Morgan fingerprint density at radius 1 is 1.48 bits per heavy atom. The lowest BCUT2D eigenvalue weighted by Gasteiger charge is -2.16. The van der Waals surface area contributed by atoms with Gasteiger partial charge < -0.3 is 15.3 Å². The molecule has 1 aromatic carbocycles. The molecule has 1 aliphatic heterocycles. The fourth-order valence-corrected chi connectivity index (χ4v) is 2.40. The number of amides is 2. The topological polar surface area (TPSA) is 69.6 Å². The molecule has 0 bridgehead atoms. The van der Waals surface area contributed by atoms with Crippen molar-refractivity contribution in [2.24, 2.45) is 0 Å². The van der Waals surface area contributed by atoms with E-state index in [9.17, 15) is 14.7 Å². The third-order valence-corrected chi connectivity index (χ3v) is 3.58. The molecule has 114 valence electrons. The van der Waals surface area contributed by atoms with Crippen LogP contribution in [0.4, 0.5) is 0 Å². The minimum absolute atomic E-state index is 0.148. The van der Waals surface area contributed by atoms with E-state index < -0.39 is 6.10 Å². The van der Waals surface area contributed by atoms with Crippen molar-refractivity contribution in [3.63, 3.8) is 0 Å². The first-order valence-corrected chi connectivity index (χ1v) is 7.39. The van der Waals surface area contributed by atoms with Crippen LogP contribution in [0.5, 0.6) is 0 Å². The van der Waals surface area contributed by atoms with E-state index in [0.29, 0.717) is 31.5 Å². The maximum absolute atomic E-state index is 12.0.